The minimum Gasteiger partial charge on any atom is -0.490 e. The topological polar surface area (TPSA) is 86.2 Å². The molecule has 2 aromatic carbocycles. The number of anilines is 1. The van der Waals surface area contributed by atoms with Crippen molar-refractivity contribution in [3.8, 4) is 11.5 Å². The van der Waals surface area contributed by atoms with Crippen LogP contribution >= 0.6 is 11.6 Å². The highest BCUT2D eigenvalue weighted by atomic mass is 35.5. The van der Waals surface area contributed by atoms with Gasteiger partial charge in [-0.05, 0) is 61.4 Å². The lowest BCUT2D eigenvalue weighted by molar-refractivity contribution is -0.129. The fourth-order valence-corrected chi connectivity index (χ4v) is 3.26. The quantitative estimate of drug-likeness (QED) is 0.317. The number of nitrogens with one attached hydrogen (secondary N) is 1. The van der Waals surface area contributed by atoms with Crippen molar-refractivity contribution < 1.29 is 23.8 Å². The van der Waals surface area contributed by atoms with E-state index < -0.39 is 5.97 Å². The van der Waals surface area contributed by atoms with Crippen molar-refractivity contribution in [3.63, 3.8) is 0 Å². The number of hydrogen-bond donors (Lipinski definition) is 1. The maximum absolute atomic E-state index is 12.4. The molecule has 32 heavy (non-hydrogen) atoms. The van der Waals surface area contributed by atoms with Crippen LogP contribution in [-0.2, 0) is 14.3 Å². The van der Waals surface area contributed by atoms with Crippen LogP contribution in [0.15, 0.2) is 47.1 Å². The zero-order chi connectivity index (χ0) is 23.1. The summed E-state index contributed by atoms with van der Waals surface area (Å²) in [6.45, 7) is 6.37. The highest BCUT2D eigenvalue weighted by Gasteiger charge is 2.24. The Morgan fingerprint density at radius 3 is 2.59 bits per heavy atom. The van der Waals surface area contributed by atoms with Crippen LogP contribution in [0.4, 0.5) is 5.69 Å². The largest absolute Gasteiger partial charge is 0.490 e. The summed E-state index contributed by atoms with van der Waals surface area (Å²) in [5.41, 5.74) is 2.04. The van der Waals surface area contributed by atoms with Gasteiger partial charge < -0.3 is 19.5 Å². The molecule has 0 spiro atoms. The first-order valence-electron chi connectivity index (χ1n) is 10.4. The number of hydrogen-bond acceptors (Lipinski definition) is 6. The Morgan fingerprint density at radius 1 is 1.19 bits per heavy atom. The number of nitrogens with zero attached hydrogens (tertiary/aromatic N) is 1. The van der Waals surface area contributed by atoms with Crippen LogP contribution in [0.5, 0.6) is 11.5 Å². The second kappa shape index (κ2) is 10.8. The van der Waals surface area contributed by atoms with Crippen molar-refractivity contribution >= 4 is 41.1 Å². The van der Waals surface area contributed by atoms with Crippen LogP contribution in [0.2, 0.25) is 5.02 Å². The average Bonchev–Trinajstić information content (AvgIpc) is 3.10. The number of carbonyl (C=O) groups excluding carboxylic acids is 2. The molecule has 1 heterocycles. The molecule has 3 rings (SSSR count). The van der Waals surface area contributed by atoms with Gasteiger partial charge in [-0.1, -0.05) is 24.9 Å². The molecular weight excluding hydrogens is 432 g/mol. The number of cyclic esters (lactones) is 1. The van der Waals surface area contributed by atoms with Crippen molar-refractivity contribution in [2.75, 3.05) is 18.5 Å². The molecule has 0 saturated heterocycles. The predicted molar refractivity (Wildman–Crippen MR) is 124 cm³/mol. The zero-order valence-electron chi connectivity index (χ0n) is 18.2. The summed E-state index contributed by atoms with van der Waals surface area (Å²) in [6, 6.07) is 10.3. The average molecular weight is 457 g/mol. The normalized spacial score (nSPS) is 14.2. The van der Waals surface area contributed by atoms with E-state index in [9.17, 15) is 9.59 Å². The van der Waals surface area contributed by atoms with Gasteiger partial charge in [-0.2, -0.15) is 0 Å². The minimum absolute atomic E-state index is 0.143. The van der Waals surface area contributed by atoms with Gasteiger partial charge in [0.25, 0.3) is 0 Å². The van der Waals surface area contributed by atoms with Crippen LogP contribution < -0.4 is 14.8 Å². The third kappa shape index (κ3) is 5.88. The highest BCUT2D eigenvalue weighted by molar-refractivity contribution is 6.32. The molecule has 0 fully saturated rings. The van der Waals surface area contributed by atoms with Crippen molar-refractivity contribution in [1.29, 1.82) is 0 Å². The van der Waals surface area contributed by atoms with Gasteiger partial charge in [-0.25, -0.2) is 9.79 Å². The van der Waals surface area contributed by atoms with E-state index in [1.165, 1.54) is 6.92 Å². The lowest BCUT2D eigenvalue weighted by Crippen LogP contribution is -2.07. The van der Waals surface area contributed by atoms with Crippen molar-refractivity contribution in [2.45, 2.75) is 33.6 Å². The summed E-state index contributed by atoms with van der Waals surface area (Å²) in [5.74, 6) is 0.447. The summed E-state index contributed by atoms with van der Waals surface area (Å²) >= 11 is 6.43. The number of carbonyl (C=O) groups is 2. The monoisotopic (exact) mass is 456 g/mol. The van der Waals surface area contributed by atoms with E-state index in [1.54, 1.807) is 42.5 Å². The number of ether oxygens (including phenoxy) is 3. The molecule has 1 amide bonds. The van der Waals surface area contributed by atoms with E-state index in [4.69, 9.17) is 25.8 Å². The van der Waals surface area contributed by atoms with E-state index in [2.05, 4.69) is 17.2 Å². The Labute approximate surface area is 192 Å². The van der Waals surface area contributed by atoms with E-state index >= 15 is 0 Å². The molecule has 0 saturated carbocycles. The number of amides is 1. The lowest BCUT2D eigenvalue weighted by Gasteiger charge is -2.14. The number of unbranched alkanes of at least 4 members (excludes halogenated alkanes) is 1. The van der Waals surface area contributed by atoms with Gasteiger partial charge in [0.1, 0.15) is 0 Å². The first kappa shape index (κ1) is 23.3. The predicted octanol–water partition coefficient (Wildman–Crippen LogP) is 5.22. The van der Waals surface area contributed by atoms with Crippen molar-refractivity contribution in [1.82, 2.24) is 0 Å². The molecule has 168 valence electrons. The lowest BCUT2D eigenvalue weighted by atomic mass is 10.1. The second-order valence-electron chi connectivity index (χ2n) is 7.06. The van der Waals surface area contributed by atoms with Crippen LogP contribution in [0.1, 0.15) is 44.7 Å². The Balaban J connectivity index is 1.86. The van der Waals surface area contributed by atoms with Crippen molar-refractivity contribution in [3.05, 3.63) is 58.2 Å². The van der Waals surface area contributed by atoms with Gasteiger partial charge in [-0.15, -0.1) is 0 Å². The molecule has 0 atom stereocenters. The third-order valence-electron chi connectivity index (χ3n) is 4.45. The summed E-state index contributed by atoms with van der Waals surface area (Å²) in [4.78, 5) is 27.8. The van der Waals surface area contributed by atoms with Gasteiger partial charge in [0.15, 0.2) is 17.2 Å². The molecule has 0 bridgehead atoms. The third-order valence-corrected chi connectivity index (χ3v) is 4.73. The molecule has 8 heteroatoms. The number of benzene rings is 2. The van der Waals surface area contributed by atoms with Crippen LogP contribution in [-0.4, -0.2) is 31.0 Å². The van der Waals surface area contributed by atoms with Gasteiger partial charge in [0, 0.05) is 18.2 Å². The van der Waals surface area contributed by atoms with Crippen LogP contribution in [0, 0.1) is 0 Å². The molecule has 0 aromatic heterocycles. The molecule has 1 aliphatic rings. The van der Waals surface area contributed by atoms with Gasteiger partial charge >= 0.3 is 5.97 Å². The van der Waals surface area contributed by atoms with E-state index in [0.717, 1.165) is 12.8 Å². The number of esters is 1. The number of aliphatic imine (C=N–C) groups is 1. The van der Waals surface area contributed by atoms with E-state index in [0.29, 0.717) is 46.5 Å². The van der Waals surface area contributed by atoms with Gasteiger partial charge in [0.05, 0.1) is 18.2 Å². The molecule has 0 aliphatic carbocycles. The van der Waals surface area contributed by atoms with E-state index in [-0.39, 0.29) is 17.5 Å². The Kier molecular flexibility index (Phi) is 7.89. The number of rotatable bonds is 9. The minimum atomic E-state index is -0.566. The van der Waals surface area contributed by atoms with Crippen LogP contribution in [0.3, 0.4) is 0 Å². The van der Waals surface area contributed by atoms with Gasteiger partial charge in [-0.3, -0.25) is 4.79 Å². The molecule has 0 unspecified atom stereocenters. The first-order valence-corrected chi connectivity index (χ1v) is 10.8. The molecule has 0 radical (unpaired) electrons. The molecule has 1 N–H and O–H groups in total. The number of halogens is 1. The SMILES string of the molecule is CCCCOc1c(Cl)cc(/C=C2\N=C(c3ccc(NC(C)=O)cc3)OC2=O)cc1OCC. The maximum atomic E-state index is 12.4. The standard InChI is InChI=1S/C24H25ClN2O5/c1-4-6-11-31-22-19(25)12-16(14-21(22)30-5-2)13-20-24(29)32-23(27-20)17-7-9-18(10-8-17)26-15(3)28/h7-10,12-14H,4-6,11H2,1-3H3,(H,26,28)/b20-13-. The Hall–Kier alpha value is -3.32. The molecular formula is C24H25ClN2O5. The zero-order valence-corrected chi connectivity index (χ0v) is 19.0. The Bertz CT molecular complexity index is 1060. The summed E-state index contributed by atoms with van der Waals surface area (Å²) in [5, 5.41) is 3.07. The Morgan fingerprint density at radius 2 is 1.94 bits per heavy atom. The maximum Gasteiger partial charge on any atom is 0.363 e. The summed E-state index contributed by atoms with van der Waals surface area (Å²) in [6.07, 6.45) is 3.50. The summed E-state index contributed by atoms with van der Waals surface area (Å²) in [7, 11) is 0. The van der Waals surface area contributed by atoms with E-state index in [1.807, 2.05) is 6.92 Å². The fraction of sp³-hybridized carbons (Fsp3) is 0.292. The smallest absolute Gasteiger partial charge is 0.363 e. The highest BCUT2D eigenvalue weighted by Crippen LogP contribution is 2.37. The molecule has 1 aliphatic heterocycles. The van der Waals surface area contributed by atoms with Crippen molar-refractivity contribution in [2.24, 2.45) is 4.99 Å². The first-order chi connectivity index (χ1) is 15.4. The van der Waals surface area contributed by atoms with Gasteiger partial charge in [0.2, 0.25) is 11.8 Å². The fourth-order valence-electron chi connectivity index (χ4n) is 2.98. The second-order valence-corrected chi connectivity index (χ2v) is 7.47. The molecule has 7 nitrogen and oxygen atoms in total. The van der Waals surface area contributed by atoms with Crippen LogP contribution in [0.25, 0.3) is 6.08 Å². The summed E-state index contributed by atoms with van der Waals surface area (Å²) < 4.78 is 16.8. The molecule has 2 aromatic rings.